The number of anilines is 1. The number of para-hydroxylation sites is 1. The molecule has 0 aliphatic rings. The molecule has 9 heteroatoms. The van der Waals surface area contributed by atoms with Crippen molar-refractivity contribution >= 4 is 17.7 Å². The fourth-order valence-corrected chi connectivity index (χ4v) is 2.57. The van der Waals surface area contributed by atoms with Gasteiger partial charge in [0.15, 0.2) is 6.61 Å². The van der Waals surface area contributed by atoms with Gasteiger partial charge in [-0.15, -0.1) is 0 Å². The zero-order chi connectivity index (χ0) is 21.0. The maximum absolute atomic E-state index is 12.7. The van der Waals surface area contributed by atoms with Crippen molar-refractivity contribution in [3.63, 3.8) is 0 Å². The van der Waals surface area contributed by atoms with E-state index < -0.39 is 30.2 Å². The molecule has 2 aromatic carbocycles. The smallest absolute Gasteiger partial charge is 0.416 e. The van der Waals surface area contributed by atoms with E-state index >= 15 is 0 Å². The average molecular weight is 403 g/mol. The minimum absolute atomic E-state index is 0.294. The summed E-state index contributed by atoms with van der Waals surface area (Å²) in [6.07, 6.45) is -4.58. The zero-order valence-electron chi connectivity index (χ0n) is 15.2. The van der Waals surface area contributed by atoms with Crippen LogP contribution in [0.1, 0.15) is 21.6 Å². The summed E-state index contributed by atoms with van der Waals surface area (Å²) in [5, 5.41) is 6.87. The number of carbonyl (C=O) groups is 2. The SMILES string of the molecule is Cc1cc(NC(=O)COC(=O)c2cccc(C(F)(F)F)c2)n(-c2ccccc2)n1. The lowest BCUT2D eigenvalue weighted by Gasteiger charge is -2.10. The van der Waals surface area contributed by atoms with E-state index in [1.807, 2.05) is 18.2 Å². The number of halogens is 3. The molecule has 1 aromatic heterocycles. The Bertz CT molecular complexity index is 1030. The lowest BCUT2D eigenvalue weighted by Crippen LogP contribution is -2.22. The first-order valence-electron chi connectivity index (χ1n) is 8.50. The Labute approximate surface area is 163 Å². The standard InChI is InChI=1S/C20H16F3N3O3/c1-13-10-17(26(25-13)16-8-3-2-4-9-16)24-18(27)12-29-19(28)14-6-5-7-15(11-14)20(21,22)23/h2-11H,12H2,1H3,(H,24,27). The molecule has 6 nitrogen and oxygen atoms in total. The molecule has 0 saturated carbocycles. The predicted molar refractivity (Wildman–Crippen MR) is 98.7 cm³/mol. The molecule has 0 spiro atoms. The van der Waals surface area contributed by atoms with Gasteiger partial charge in [0.1, 0.15) is 5.82 Å². The molecule has 0 atom stereocenters. The van der Waals surface area contributed by atoms with Crippen LogP contribution in [0.15, 0.2) is 60.7 Å². The van der Waals surface area contributed by atoms with Crippen molar-refractivity contribution in [2.24, 2.45) is 0 Å². The highest BCUT2D eigenvalue weighted by Gasteiger charge is 2.31. The van der Waals surface area contributed by atoms with Gasteiger partial charge < -0.3 is 10.1 Å². The van der Waals surface area contributed by atoms with E-state index in [1.165, 1.54) is 10.7 Å². The number of ether oxygens (including phenoxy) is 1. The number of aromatic nitrogens is 2. The molecule has 0 unspecified atom stereocenters. The van der Waals surface area contributed by atoms with Crippen molar-refractivity contribution in [2.45, 2.75) is 13.1 Å². The summed E-state index contributed by atoms with van der Waals surface area (Å²) in [6, 6.07) is 14.5. The monoisotopic (exact) mass is 403 g/mol. The molecule has 0 fully saturated rings. The van der Waals surface area contributed by atoms with Gasteiger partial charge in [-0.25, -0.2) is 9.48 Å². The average Bonchev–Trinajstić information content (AvgIpc) is 3.06. The third kappa shape index (κ3) is 5.01. The van der Waals surface area contributed by atoms with Crippen LogP contribution >= 0.6 is 0 Å². The number of hydrogen-bond donors (Lipinski definition) is 1. The van der Waals surface area contributed by atoms with E-state index in [9.17, 15) is 22.8 Å². The molecule has 0 aliphatic heterocycles. The van der Waals surface area contributed by atoms with Gasteiger partial charge in [-0.1, -0.05) is 24.3 Å². The Morgan fingerprint density at radius 3 is 2.48 bits per heavy atom. The first-order chi connectivity index (χ1) is 13.7. The Hall–Kier alpha value is -3.62. The lowest BCUT2D eigenvalue weighted by atomic mass is 10.1. The van der Waals surface area contributed by atoms with E-state index in [4.69, 9.17) is 4.74 Å². The highest BCUT2D eigenvalue weighted by molar-refractivity contribution is 5.95. The van der Waals surface area contributed by atoms with Crippen molar-refractivity contribution in [3.05, 3.63) is 77.5 Å². The van der Waals surface area contributed by atoms with Crippen molar-refractivity contribution in [1.82, 2.24) is 9.78 Å². The van der Waals surface area contributed by atoms with Gasteiger partial charge in [-0.05, 0) is 37.3 Å². The summed E-state index contributed by atoms with van der Waals surface area (Å²) in [7, 11) is 0. The molecule has 0 bridgehead atoms. The van der Waals surface area contributed by atoms with Gasteiger partial charge in [0.05, 0.1) is 22.5 Å². The molecule has 1 N–H and O–H groups in total. The van der Waals surface area contributed by atoms with Gasteiger partial charge in [0.25, 0.3) is 5.91 Å². The predicted octanol–water partition coefficient (Wildman–Crippen LogP) is 4.00. The molecular formula is C20H16F3N3O3. The Morgan fingerprint density at radius 2 is 1.79 bits per heavy atom. The summed E-state index contributed by atoms with van der Waals surface area (Å²) < 4.78 is 44.6. The first kappa shape index (κ1) is 20.1. The molecular weight excluding hydrogens is 387 g/mol. The molecule has 1 amide bonds. The Kier molecular flexibility index (Phi) is 5.67. The Morgan fingerprint density at radius 1 is 1.07 bits per heavy atom. The molecule has 29 heavy (non-hydrogen) atoms. The highest BCUT2D eigenvalue weighted by atomic mass is 19.4. The topological polar surface area (TPSA) is 73.2 Å². The normalized spacial score (nSPS) is 11.2. The number of aryl methyl sites for hydroxylation is 1. The highest BCUT2D eigenvalue weighted by Crippen LogP contribution is 2.29. The fourth-order valence-electron chi connectivity index (χ4n) is 2.57. The van der Waals surface area contributed by atoms with Crippen LogP contribution in [-0.4, -0.2) is 28.3 Å². The van der Waals surface area contributed by atoms with E-state index in [0.717, 1.165) is 17.8 Å². The number of carbonyl (C=O) groups excluding carboxylic acids is 2. The van der Waals surface area contributed by atoms with E-state index in [0.29, 0.717) is 17.6 Å². The molecule has 3 rings (SSSR count). The van der Waals surface area contributed by atoms with Gasteiger partial charge >= 0.3 is 12.1 Å². The minimum Gasteiger partial charge on any atom is -0.452 e. The fraction of sp³-hybridized carbons (Fsp3) is 0.150. The minimum atomic E-state index is -4.58. The molecule has 0 radical (unpaired) electrons. The number of hydrogen-bond acceptors (Lipinski definition) is 4. The zero-order valence-corrected chi connectivity index (χ0v) is 15.2. The van der Waals surface area contributed by atoms with Crippen LogP contribution in [0, 0.1) is 6.92 Å². The summed E-state index contributed by atoms with van der Waals surface area (Å²) in [6.45, 7) is 1.09. The quantitative estimate of drug-likeness (QED) is 0.654. The molecule has 150 valence electrons. The number of esters is 1. The van der Waals surface area contributed by atoms with Crippen LogP contribution in [0.4, 0.5) is 19.0 Å². The van der Waals surface area contributed by atoms with Gasteiger partial charge in [0, 0.05) is 6.07 Å². The van der Waals surface area contributed by atoms with Crippen LogP contribution < -0.4 is 5.32 Å². The van der Waals surface area contributed by atoms with E-state index in [-0.39, 0.29) is 5.56 Å². The summed E-state index contributed by atoms with van der Waals surface area (Å²) in [5.41, 5.74) is 0.110. The van der Waals surface area contributed by atoms with Crippen molar-refractivity contribution in [2.75, 3.05) is 11.9 Å². The number of rotatable bonds is 5. The summed E-state index contributed by atoms with van der Waals surface area (Å²) in [5.74, 6) is -1.31. The number of benzene rings is 2. The molecule has 3 aromatic rings. The molecule has 0 aliphatic carbocycles. The Balaban J connectivity index is 1.65. The largest absolute Gasteiger partial charge is 0.452 e. The van der Waals surface area contributed by atoms with E-state index in [2.05, 4.69) is 10.4 Å². The third-order valence-corrected chi connectivity index (χ3v) is 3.86. The van der Waals surface area contributed by atoms with Crippen molar-refractivity contribution < 1.29 is 27.5 Å². The van der Waals surface area contributed by atoms with Gasteiger partial charge in [-0.2, -0.15) is 18.3 Å². The maximum Gasteiger partial charge on any atom is 0.416 e. The van der Waals surface area contributed by atoms with Crippen molar-refractivity contribution in [3.8, 4) is 5.69 Å². The third-order valence-electron chi connectivity index (χ3n) is 3.86. The number of nitrogens with one attached hydrogen (secondary N) is 1. The molecule has 0 saturated heterocycles. The van der Waals surface area contributed by atoms with Crippen LogP contribution in [0.5, 0.6) is 0 Å². The van der Waals surface area contributed by atoms with Crippen molar-refractivity contribution in [1.29, 1.82) is 0 Å². The van der Waals surface area contributed by atoms with Crippen LogP contribution in [0.25, 0.3) is 5.69 Å². The summed E-state index contributed by atoms with van der Waals surface area (Å²) >= 11 is 0. The van der Waals surface area contributed by atoms with E-state index in [1.54, 1.807) is 25.1 Å². The molecule has 1 heterocycles. The number of amides is 1. The van der Waals surface area contributed by atoms with Crippen LogP contribution in [-0.2, 0) is 15.7 Å². The summed E-state index contributed by atoms with van der Waals surface area (Å²) in [4.78, 5) is 24.1. The lowest BCUT2D eigenvalue weighted by molar-refractivity contribution is -0.137. The van der Waals surface area contributed by atoms with Crippen LogP contribution in [0.2, 0.25) is 0 Å². The van der Waals surface area contributed by atoms with Gasteiger partial charge in [0.2, 0.25) is 0 Å². The van der Waals surface area contributed by atoms with Crippen LogP contribution in [0.3, 0.4) is 0 Å². The maximum atomic E-state index is 12.7. The number of alkyl halides is 3. The second kappa shape index (κ2) is 8.17. The second-order valence-electron chi connectivity index (χ2n) is 6.12. The van der Waals surface area contributed by atoms with Gasteiger partial charge in [-0.3, -0.25) is 4.79 Å². The number of nitrogens with zero attached hydrogens (tertiary/aromatic N) is 2. The second-order valence-corrected chi connectivity index (χ2v) is 6.12. The first-order valence-corrected chi connectivity index (χ1v) is 8.50.